The third-order valence-corrected chi connectivity index (χ3v) is 7.45. The van der Waals surface area contributed by atoms with Gasteiger partial charge in [0, 0.05) is 16.7 Å². The number of methoxy groups -OCH3 is 1. The van der Waals surface area contributed by atoms with E-state index in [0.29, 0.717) is 18.8 Å². The van der Waals surface area contributed by atoms with Gasteiger partial charge >= 0.3 is 5.97 Å². The molecular weight excluding hydrogens is 544 g/mol. The molecule has 0 saturated carbocycles. The molecule has 3 rings (SSSR count). The minimum absolute atomic E-state index is 0.112. The van der Waals surface area contributed by atoms with Crippen molar-refractivity contribution in [2.24, 2.45) is 0 Å². The van der Waals surface area contributed by atoms with Crippen LogP contribution in [-0.4, -0.2) is 26.3 Å². The summed E-state index contributed by atoms with van der Waals surface area (Å²) in [6.45, 7) is 19.6. The van der Waals surface area contributed by atoms with Crippen molar-refractivity contribution >= 4 is 30.3 Å². The fourth-order valence-corrected chi connectivity index (χ4v) is 4.57. The van der Waals surface area contributed by atoms with E-state index in [1.807, 2.05) is 6.07 Å². The third kappa shape index (κ3) is 10.6. The minimum atomic E-state index is -0.338. The summed E-state index contributed by atoms with van der Waals surface area (Å²) < 4.78 is 17.4. The molecule has 0 aliphatic carbocycles. The van der Waals surface area contributed by atoms with Crippen molar-refractivity contribution in [1.29, 1.82) is 0 Å². The molecule has 0 atom stereocenters. The largest absolute Gasteiger partial charge is 0.496 e. The Bertz CT molecular complexity index is 1440. The SMILES string of the molecule is C=C(C)C(=O)OCCCCCOc1cc(/C=C/c2ccc(C(C)(C)C)cc2)c(OC)cc1/C=C/c1ccc(C(C)(C)C)cc1. The molecule has 0 aliphatic heterocycles. The smallest absolute Gasteiger partial charge is 0.333 e. The quantitative estimate of drug-likeness (QED) is 0.0855. The van der Waals surface area contributed by atoms with E-state index in [1.165, 1.54) is 11.1 Å². The maximum Gasteiger partial charge on any atom is 0.333 e. The number of esters is 1. The minimum Gasteiger partial charge on any atom is -0.496 e. The van der Waals surface area contributed by atoms with Crippen LogP contribution in [-0.2, 0) is 20.4 Å². The Kier molecular flexibility index (Phi) is 12.2. The van der Waals surface area contributed by atoms with Gasteiger partial charge in [-0.15, -0.1) is 0 Å². The van der Waals surface area contributed by atoms with E-state index in [1.54, 1.807) is 14.0 Å². The van der Waals surface area contributed by atoms with Crippen molar-refractivity contribution < 1.29 is 19.0 Å². The van der Waals surface area contributed by atoms with Crippen LogP contribution in [0.1, 0.15) is 101 Å². The molecule has 3 aromatic rings. The molecule has 234 valence electrons. The Morgan fingerprint density at radius 1 is 0.682 bits per heavy atom. The lowest BCUT2D eigenvalue weighted by molar-refractivity contribution is -0.139. The monoisotopic (exact) mass is 594 g/mol. The number of unbranched alkanes of at least 4 members (excludes halogenated alkanes) is 2. The second-order valence-corrected chi connectivity index (χ2v) is 13.4. The van der Waals surface area contributed by atoms with Crippen LogP contribution in [0.3, 0.4) is 0 Å². The molecular formula is C40H50O4. The molecule has 0 amide bonds. The zero-order chi connectivity index (χ0) is 32.3. The first kappa shape index (κ1) is 34.4. The van der Waals surface area contributed by atoms with E-state index in [2.05, 4.69) is 127 Å². The van der Waals surface area contributed by atoms with Crippen molar-refractivity contribution in [3.63, 3.8) is 0 Å². The predicted molar refractivity (Wildman–Crippen MR) is 186 cm³/mol. The molecule has 0 bridgehead atoms. The average Bonchev–Trinajstić information content (AvgIpc) is 2.98. The van der Waals surface area contributed by atoms with Gasteiger partial charge < -0.3 is 14.2 Å². The number of carbonyl (C=O) groups is 1. The summed E-state index contributed by atoms with van der Waals surface area (Å²) in [6, 6.07) is 21.4. The third-order valence-electron chi connectivity index (χ3n) is 7.45. The van der Waals surface area contributed by atoms with Gasteiger partial charge in [0.25, 0.3) is 0 Å². The van der Waals surface area contributed by atoms with Crippen molar-refractivity contribution in [2.75, 3.05) is 20.3 Å². The van der Waals surface area contributed by atoms with Gasteiger partial charge in [-0.1, -0.05) is 121 Å². The number of hydrogen-bond acceptors (Lipinski definition) is 4. The van der Waals surface area contributed by atoms with E-state index >= 15 is 0 Å². The summed E-state index contributed by atoms with van der Waals surface area (Å²) in [5, 5.41) is 0. The van der Waals surface area contributed by atoms with Crippen molar-refractivity contribution in [1.82, 2.24) is 0 Å². The van der Waals surface area contributed by atoms with Crippen LogP contribution in [0.25, 0.3) is 24.3 Å². The molecule has 4 heteroatoms. The molecule has 0 N–H and O–H groups in total. The van der Waals surface area contributed by atoms with Gasteiger partial charge in [0.2, 0.25) is 0 Å². The maximum atomic E-state index is 11.6. The molecule has 4 nitrogen and oxygen atoms in total. The Morgan fingerprint density at radius 3 is 1.59 bits per heavy atom. The van der Waals surface area contributed by atoms with Crippen LogP contribution >= 0.6 is 0 Å². The molecule has 0 fully saturated rings. The zero-order valence-corrected chi connectivity index (χ0v) is 28.0. The molecule has 0 radical (unpaired) electrons. The van der Waals surface area contributed by atoms with E-state index in [0.717, 1.165) is 53.0 Å². The van der Waals surface area contributed by atoms with Crippen LogP contribution in [0.4, 0.5) is 0 Å². The first-order chi connectivity index (χ1) is 20.8. The second kappa shape index (κ2) is 15.6. The normalized spacial score (nSPS) is 12.1. The van der Waals surface area contributed by atoms with Crippen LogP contribution < -0.4 is 9.47 Å². The molecule has 0 spiro atoms. The van der Waals surface area contributed by atoms with Crippen LogP contribution in [0, 0.1) is 0 Å². The maximum absolute atomic E-state index is 11.6. The van der Waals surface area contributed by atoms with Crippen molar-refractivity contribution in [3.8, 4) is 11.5 Å². The number of rotatable bonds is 13. The van der Waals surface area contributed by atoms with E-state index in [4.69, 9.17) is 14.2 Å². The summed E-state index contributed by atoms with van der Waals surface area (Å²) in [5.74, 6) is 1.24. The van der Waals surface area contributed by atoms with Crippen LogP contribution in [0.5, 0.6) is 11.5 Å². The number of benzene rings is 3. The first-order valence-electron chi connectivity index (χ1n) is 15.5. The molecule has 0 aromatic heterocycles. The van der Waals surface area contributed by atoms with Crippen molar-refractivity contribution in [3.05, 3.63) is 106 Å². The van der Waals surface area contributed by atoms with E-state index in [-0.39, 0.29) is 16.8 Å². The summed E-state index contributed by atoms with van der Waals surface area (Å²) in [4.78, 5) is 11.6. The Balaban J connectivity index is 1.81. The molecule has 0 aliphatic rings. The van der Waals surface area contributed by atoms with E-state index in [9.17, 15) is 4.79 Å². The molecule has 0 saturated heterocycles. The standard InChI is InChI=1S/C40H50O4/c1-29(2)38(41)44-26-12-10-11-25-43-37-28-32(19-13-30-15-21-34(22-16-30)39(3,4)5)36(42-9)27-33(37)20-14-31-17-23-35(24-18-31)40(6,7)8/h13-24,27-28H,1,10-12,25-26H2,2-9H3/b19-13+,20-14+. The Hall–Kier alpha value is -4.05. The Labute approximate surface area is 265 Å². The highest BCUT2D eigenvalue weighted by molar-refractivity contribution is 5.86. The van der Waals surface area contributed by atoms with Gasteiger partial charge in [-0.2, -0.15) is 0 Å². The average molecular weight is 595 g/mol. The van der Waals surface area contributed by atoms with Crippen LogP contribution in [0.2, 0.25) is 0 Å². The van der Waals surface area contributed by atoms with Crippen LogP contribution in [0.15, 0.2) is 72.8 Å². The van der Waals surface area contributed by atoms with Crippen molar-refractivity contribution in [2.45, 2.75) is 78.6 Å². The summed E-state index contributed by atoms with van der Waals surface area (Å²) in [7, 11) is 1.70. The zero-order valence-electron chi connectivity index (χ0n) is 28.0. The Morgan fingerprint density at radius 2 is 1.14 bits per heavy atom. The topological polar surface area (TPSA) is 44.8 Å². The van der Waals surface area contributed by atoms with Gasteiger partial charge in [-0.05, 0) is 71.4 Å². The highest BCUT2D eigenvalue weighted by Gasteiger charge is 2.14. The lowest BCUT2D eigenvalue weighted by Gasteiger charge is -2.18. The number of carbonyl (C=O) groups excluding carboxylic acids is 1. The fraction of sp³-hybridized carbons (Fsp3) is 0.375. The van der Waals surface area contributed by atoms with Gasteiger partial charge in [0.05, 0.1) is 20.3 Å². The predicted octanol–water partition coefficient (Wildman–Crippen LogP) is 10.3. The lowest BCUT2D eigenvalue weighted by atomic mass is 9.86. The number of ether oxygens (including phenoxy) is 3. The summed E-state index contributed by atoms with van der Waals surface area (Å²) in [6.07, 6.45) is 10.9. The van der Waals surface area contributed by atoms with Gasteiger partial charge in [0.15, 0.2) is 0 Å². The highest BCUT2D eigenvalue weighted by Crippen LogP contribution is 2.33. The highest BCUT2D eigenvalue weighted by atomic mass is 16.5. The first-order valence-corrected chi connectivity index (χ1v) is 15.5. The number of hydrogen-bond donors (Lipinski definition) is 0. The molecule has 0 heterocycles. The van der Waals surface area contributed by atoms with Gasteiger partial charge in [-0.25, -0.2) is 4.79 Å². The molecule has 0 unspecified atom stereocenters. The molecule has 3 aromatic carbocycles. The molecule has 44 heavy (non-hydrogen) atoms. The second-order valence-electron chi connectivity index (χ2n) is 13.4. The lowest BCUT2D eigenvalue weighted by Crippen LogP contribution is -2.10. The fourth-order valence-electron chi connectivity index (χ4n) is 4.57. The summed E-state index contributed by atoms with van der Waals surface area (Å²) in [5.41, 5.74) is 7.40. The van der Waals surface area contributed by atoms with E-state index < -0.39 is 0 Å². The van der Waals surface area contributed by atoms with Gasteiger partial charge in [-0.3, -0.25) is 0 Å². The summed E-state index contributed by atoms with van der Waals surface area (Å²) >= 11 is 0. The van der Waals surface area contributed by atoms with Gasteiger partial charge in [0.1, 0.15) is 11.5 Å².